The molecule has 6 heteroatoms. The van der Waals surface area contributed by atoms with Crippen molar-refractivity contribution in [2.45, 2.75) is 65.1 Å². The van der Waals surface area contributed by atoms with Gasteiger partial charge >= 0.3 is 0 Å². The van der Waals surface area contributed by atoms with Gasteiger partial charge in [0.05, 0.1) is 5.92 Å². The fourth-order valence-electron chi connectivity index (χ4n) is 6.22. The number of carbonyl (C=O) groups excluding carboxylic acids is 2. The fourth-order valence-corrected chi connectivity index (χ4v) is 6.22. The van der Waals surface area contributed by atoms with E-state index in [0.29, 0.717) is 17.9 Å². The standard InChI is InChI=1S/C23H34N4O2/c1-13(2)10-18-20-19-17(15(5)27(20)12-14(3)4)11-23(18,26-21(19)28)22(29)25-16-6-8-24-9-7-16/h6-9,13-15,17-20H,10-12H2,1-5H3,(H,26,28)(H,24,25,29). The molecule has 0 radical (unpaired) electrons. The minimum Gasteiger partial charge on any atom is -0.341 e. The second kappa shape index (κ2) is 7.38. The maximum absolute atomic E-state index is 13.7. The molecule has 3 aliphatic heterocycles. The molecular weight excluding hydrogens is 364 g/mol. The first-order valence-corrected chi connectivity index (χ1v) is 11.0. The van der Waals surface area contributed by atoms with Crippen molar-refractivity contribution in [2.24, 2.45) is 29.6 Å². The number of carbonyl (C=O) groups is 2. The minimum absolute atomic E-state index is 0.00287. The van der Waals surface area contributed by atoms with Crippen LogP contribution in [-0.2, 0) is 9.59 Å². The highest BCUT2D eigenvalue weighted by atomic mass is 16.2. The van der Waals surface area contributed by atoms with Gasteiger partial charge in [-0.05, 0) is 49.7 Å². The van der Waals surface area contributed by atoms with Gasteiger partial charge < -0.3 is 10.6 Å². The Bertz CT molecular complexity index is 780. The molecular formula is C23H34N4O2. The van der Waals surface area contributed by atoms with E-state index in [-0.39, 0.29) is 35.6 Å². The number of hydrogen-bond acceptors (Lipinski definition) is 4. The number of pyridine rings is 1. The van der Waals surface area contributed by atoms with E-state index in [1.807, 2.05) is 0 Å². The molecule has 6 unspecified atom stereocenters. The molecule has 4 fully saturated rings. The highest BCUT2D eigenvalue weighted by Gasteiger charge is 2.69. The normalized spacial score (nSPS) is 36.0. The van der Waals surface area contributed by atoms with Crippen LogP contribution in [0.5, 0.6) is 0 Å². The van der Waals surface area contributed by atoms with Crippen LogP contribution in [-0.4, -0.2) is 45.9 Å². The summed E-state index contributed by atoms with van der Waals surface area (Å²) in [5.74, 6) is 1.33. The molecule has 1 aromatic heterocycles. The van der Waals surface area contributed by atoms with Crippen LogP contribution < -0.4 is 10.6 Å². The number of aromatic nitrogens is 1. The van der Waals surface area contributed by atoms with E-state index in [4.69, 9.17) is 0 Å². The lowest BCUT2D eigenvalue weighted by Crippen LogP contribution is -2.75. The van der Waals surface area contributed by atoms with Crippen molar-refractivity contribution in [1.82, 2.24) is 15.2 Å². The fraction of sp³-hybridized carbons (Fsp3) is 0.696. The number of nitrogens with one attached hydrogen (secondary N) is 2. The molecule has 6 atom stereocenters. The first-order valence-electron chi connectivity index (χ1n) is 11.0. The molecule has 158 valence electrons. The highest BCUT2D eigenvalue weighted by Crippen LogP contribution is 2.56. The van der Waals surface area contributed by atoms with E-state index in [2.05, 4.69) is 55.1 Å². The summed E-state index contributed by atoms with van der Waals surface area (Å²) in [5.41, 5.74) is -0.113. The zero-order valence-electron chi connectivity index (χ0n) is 18.2. The molecule has 4 bridgehead atoms. The predicted octanol–water partition coefficient (Wildman–Crippen LogP) is 2.92. The van der Waals surface area contributed by atoms with E-state index in [9.17, 15) is 9.59 Å². The van der Waals surface area contributed by atoms with Gasteiger partial charge in [-0.3, -0.25) is 19.5 Å². The van der Waals surface area contributed by atoms with Gasteiger partial charge in [0, 0.05) is 42.6 Å². The minimum atomic E-state index is -0.839. The van der Waals surface area contributed by atoms with Crippen LogP contribution in [0.3, 0.4) is 0 Å². The van der Waals surface area contributed by atoms with Crippen LogP contribution in [0.25, 0.3) is 0 Å². The molecule has 0 aromatic carbocycles. The molecule has 6 nitrogen and oxygen atoms in total. The van der Waals surface area contributed by atoms with Gasteiger partial charge in [-0.1, -0.05) is 27.7 Å². The van der Waals surface area contributed by atoms with Crippen LogP contribution in [0.15, 0.2) is 24.5 Å². The van der Waals surface area contributed by atoms with E-state index in [1.165, 1.54) is 0 Å². The number of nitrogens with zero attached hydrogens (tertiary/aromatic N) is 2. The molecule has 29 heavy (non-hydrogen) atoms. The lowest BCUT2D eigenvalue weighted by molar-refractivity contribution is -0.152. The molecule has 5 rings (SSSR count). The first kappa shape index (κ1) is 20.3. The van der Waals surface area contributed by atoms with Crippen molar-refractivity contribution < 1.29 is 9.59 Å². The third-order valence-corrected chi connectivity index (χ3v) is 7.25. The third kappa shape index (κ3) is 3.25. The van der Waals surface area contributed by atoms with Gasteiger partial charge in [0.1, 0.15) is 5.54 Å². The van der Waals surface area contributed by atoms with Gasteiger partial charge in [-0.2, -0.15) is 0 Å². The number of hydrogen-bond donors (Lipinski definition) is 2. The zero-order chi connectivity index (χ0) is 20.9. The number of rotatable bonds is 6. The SMILES string of the molecule is CC(C)CC1C2C3C(=O)NC1(C(=O)Nc1ccncc1)CC3C(C)N2CC(C)C. The second-order valence-electron chi connectivity index (χ2n) is 10.1. The summed E-state index contributed by atoms with van der Waals surface area (Å²) in [6, 6.07) is 4.06. The summed E-state index contributed by atoms with van der Waals surface area (Å²) in [4.78, 5) is 33.4. The van der Waals surface area contributed by atoms with Gasteiger partial charge in [0.2, 0.25) is 11.8 Å². The summed E-state index contributed by atoms with van der Waals surface area (Å²) < 4.78 is 0. The van der Waals surface area contributed by atoms with Crippen molar-refractivity contribution in [2.75, 3.05) is 11.9 Å². The largest absolute Gasteiger partial charge is 0.341 e. The van der Waals surface area contributed by atoms with Gasteiger partial charge in [-0.15, -0.1) is 0 Å². The number of likely N-dealkylation sites (tertiary alicyclic amines) is 1. The van der Waals surface area contributed by atoms with E-state index in [0.717, 1.165) is 25.1 Å². The molecule has 1 aromatic rings. The quantitative estimate of drug-likeness (QED) is 0.773. The number of anilines is 1. The predicted molar refractivity (Wildman–Crippen MR) is 113 cm³/mol. The average molecular weight is 399 g/mol. The summed E-state index contributed by atoms with van der Waals surface area (Å²) in [5, 5.41) is 6.29. The molecule has 2 amide bonds. The average Bonchev–Trinajstić information content (AvgIpc) is 2.88. The molecule has 4 aliphatic rings. The monoisotopic (exact) mass is 398 g/mol. The summed E-state index contributed by atoms with van der Waals surface area (Å²) in [6.07, 6.45) is 5.00. The van der Waals surface area contributed by atoms with Crippen molar-refractivity contribution in [3.63, 3.8) is 0 Å². The summed E-state index contributed by atoms with van der Waals surface area (Å²) in [7, 11) is 0. The Morgan fingerprint density at radius 3 is 2.59 bits per heavy atom. The first-order chi connectivity index (χ1) is 13.7. The summed E-state index contributed by atoms with van der Waals surface area (Å²) in [6.45, 7) is 12.1. The Morgan fingerprint density at radius 2 is 1.97 bits per heavy atom. The Morgan fingerprint density at radius 1 is 1.28 bits per heavy atom. The molecule has 1 saturated carbocycles. The van der Waals surface area contributed by atoms with Crippen molar-refractivity contribution in [1.29, 1.82) is 0 Å². The van der Waals surface area contributed by atoms with E-state index in [1.54, 1.807) is 24.5 Å². The van der Waals surface area contributed by atoms with Crippen LogP contribution in [0.4, 0.5) is 5.69 Å². The van der Waals surface area contributed by atoms with Crippen LogP contribution >= 0.6 is 0 Å². The molecule has 0 spiro atoms. The van der Waals surface area contributed by atoms with Crippen LogP contribution in [0, 0.1) is 29.6 Å². The molecule has 2 N–H and O–H groups in total. The smallest absolute Gasteiger partial charge is 0.250 e. The van der Waals surface area contributed by atoms with Gasteiger partial charge in [0.15, 0.2) is 0 Å². The Hall–Kier alpha value is -1.95. The number of amides is 2. The Labute approximate surface area is 173 Å². The van der Waals surface area contributed by atoms with Crippen molar-refractivity contribution >= 4 is 17.5 Å². The Kier molecular flexibility index (Phi) is 5.18. The molecule has 4 heterocycles. The Balaban J connectivity index is 1.74. The maximum atomic E-state index is 13.7. The topological polar surface area (TPSA) is 74.3 Å². The van der Waals surface area contributed by atoms with Gasteiger partial charge in [0.25, 0.3) is 0 Å². The lowest BCUT2D eigenvalue weighted by Gasteiger charge is -2.55. The second-order valence-corrected chi connectivity index (χ2v) is 10.1. The highest BCUT2D eigenvalue weighted by molar-refractivity contribution is 6.03. The molecule has 3 saturated heterocycles. The van der Waals surface area contributed by atoms with E-state index >= 15 is 0 Å². The van der Waals surface area contributed by atoms with Crippen LogP contribution in [0.2, 0.25) is 0 Å². The number of fused-ring (bicyclic) bond motifs is 1. The van der Waals surface area contributed by atoms with Crippen molar-refractivity contribution in [3.05, 3.63) is 24.5 Å². The third-order valence-electron chi connectivity index (χ3n) is 7.25. The van der Waals surface area contributed by atoms with Crippen LogP contribution in [0.1, 0.15) is 47.5 Å². The van der Waals surface area contributed by atoms with Gasteiger partial charge in [-0.25, -0.2) is 0 Å². The summed E-state index contributed by atoms with van der Waals surface area (Å²) >= 11 is 0. The lowest BCUT2D eigenvalue weighted by atomic mass is 9.56. The van der Waals surface area contributed by atoms with E-state index < -0.39 is 5.54 Å². The molecule has 1 aliphatic carbocycles. The number of piperidine rings is 2. The van der Waals surface area contributed by atoms with Crippen molar-refractivity contribution in [3.8, 4) is 0 Å². The zero-order valence-corrected chi connectivity index (χ0v) is 18.2. The maximum Gasteiger partial charge on any atom is 0.250 e.